The lowest BCUT2D eigenvalue weighted by Crippen LogP contribution is -2.67. The normalized spacial score (nSPS) is 52.8. The van der Waals surface area contributed by atoms with Crippen LogP contribution < -0.4 is 5.11 Å². The first-order valence-corrected chi connectivity index (χ1v) is 13.7. The van der Waals surface area contributed by atoms with Crippen LogP contribution in [0.4, 0.5) is 0 Å². The van der Waals surface area contributed by atoms with E-state index in [1.54, 1.807) is 0 Å². The number of hydrogen-bond donors (Lipinski definition) is 0. The molecule has 0 aromatic carbocycles. The summed E-state index contributed by atoms with van der Waals surface area (Å²) in [4.78, 5) is 25.5. The van der Waals surface area contributed by atoms with Crippen LogP contribution in [0.1, 0.15) is 106 Å². The smallest absolute Gasteiger partial charge is 0.138 e. The molecule has 7 unspecified atom stereocenters. The standard InChI is InChI=1S/C30H46O3/c1-18(2)19-10-15-30(25(32)33)17-16-28(6)20(24(19)30)8-9-22-27(5)13-12-23(31)26(3,4)21(27)11-14-29(22,28)7/h19-22,24H,1,8-17H2,2-7H3,(H,32,33)/p-1/t19-,20?,21?,22?,24?,27?,28+,29?,30?/m0/s1. The molecule has 0 saturated heterocycles. The number of ketones is 1. The Morgan fingerprint density at radius 2 is 1.58 bits per heavy atom. The number of allylic oxidation sites excluding steroid dienone is 1. The lowest BCUT2D eigenvalue weighted by Gasteiger charge is -2.72. The van der Waals surface area contributed by atoms with Gasteiger partial charge in [-0.15, -0.1) is 0 Å². The summed E-state index contributed by atoms with van der Waals surface area (Å²) in [5.74, 6) is 1.64. The van der Waals surface area contributed by atoms with Gasteiger partial charge in [-0.3, -0.25) is 4.79 Å². The third-order valence-corrected chi connectivity index (χ3v) is 13.2. The molecule has 3 heteroatoms. The lowest BCUT2D eigenvalue weighted by molar-refractivity contribution is -0.329. The van der Waals surface area contributed by atoms with Gasteiger partial charge in [-0.1, -0.05) is 46.8 Å². The average molecular weight is 454 g/mol. The summed E-state index contributed by atoms with van der Waals surface area (Å²) in [5.41, 5.74) is 0.819. The van der Waals surface area contributed by atoms with Crippen LogP contribution in [0.5, 0.6) is 0 Å². The van der Waals surface area contributed by atoms with Crippen molar-refractivity contribution in [1.82, 2.24) is 0 Å². The molecule has 184 valence electrons. The molecule has 0 radical (unpaired) electrons. The van der Waals surface area contributed by atoms with Gasteiger partial charge in [0.2, 0.25) is 0 Å². The van der Waals surface area contributed by atoms with E-state index in [9.17, 15) is 14.7 Å². The maximum absolute atomic E-state index is 12.9. The summed E-state index contributed by atoms with van der Waals surface area (Å²) < 4.78 is 0. The number of carbonyl (C=O) groups excluding carboxylic acids is 2. The van der Waals surface area contributed by atoms with E-state index < -0.39 is 11.4 Å². The second-order valence-electron chi connectivity index (χ2n) is 14.3. The Labute approximate surface area is 201 Å². The van der Waals surface area contributed by atoms with Crippen LogP contribution in [0.2, 0.25) is 0 Å². The summed E-state index contributed by atoms with van der Waals surface area (Å²) in [6, 6.07) is 0. The van der Waals surface area contributed by atoms with Gasteiger partial charge in [-0.2, -0.15) is 0 Å². The van der Waals surface area contributed by atoms with Crippen LogP contribution in [-0.2, 0) is 9.59 Å². The number of Topliss-reactive ketones (excluding diaryl/α,β-unsaturated/α-hetero) is 1. The van der Waals surface area contributed by atoms with Crippen LogP contribution in [-0.4, -0.2) is 11.8 Å². The summed E-state index contributed by atoms with van der Waals surface area (Å²) in [5, 5.41) is 12.6. The van der Waals surface area contributed by atoms with Crippen molar-refractivity contribution in [1.29, 1.82) is 0 Å². The lowest BCUT2D eigenvalue weighted by atomic mass is 9.32. The van der Waals surface area contributed by atoms with Crippen molar-refractivity contribution in [2.45, 2.75) is 106 Å². The fraction of sp³-hybridized carbons (Fsp3) is 0.867. The molecule has 5 aliphatic carbocycles. The van der Waals surface area contributed by atoms with Crippen LogP contribution in [0.3, 0.4) is 0 Å². The number of carbonyl (C=O) groups is 2. The van der Waals surface area contributed by atoms with Crippen molar-refractivity contribution in [2.24, 2.45) is 56.7 Å². The highest BCUT2D eigenvalue weighted by Gasteiger charge is 2.71. The Hall–Kier alpha value is -1.12. The molecule has 0 aliphatic heterocycles. The fourth-order valence-corrected chi connectivity index (χ4v) is 11.3. The van der Waals surface area contributed by atoms with Gasteiger partial charge in [-0.25, -0.2) is 0 Å². The minimum absolute atomic E-state index is 0.136. The molecule has 5 saturated carbocycles. The number of fused-ring (bicyclic) bond motifs is 7. The van der Waals surface area contributed by atoms with Crippen molar-refractivity contribution in [3.8, 4) is 0 Å². The highest BCUT2D eigenvalue weighted by molar-refractivity contribution is 5.85. The minimum atomic E-state index is -0.797. The van der Waals surface area contributed by atoms with Gasteiger partial charge < -0.3 is 9.90 Å². The minimum Gasteiger partial charge on any atom is -0.550 e. The molecule has 0 aromatic rings. The molecule has 5 fully saturated rings. The largest absolute Gasteiger partial charge is 0.550 e. The predicted octanol–water partition coefficient (Wildman–Crippen LogP) is 5.96. The molecule has 33 heavy (non-hydrogen) atoms. The highest BCUT2D eigenvalue weighted by Crippen LogP contribution is 2.77. The maximum atomic E-state index is 12.9. The Morgan fingerprint density at radius 3 is 2.21 bits per heavy atom. The predicted molar refractivity (Wildman–Crippen MR) is 129 cm³/mol. The first-order valence-electron chi connectivity index (χ1n) is 13.7. The van der Waals surface area contributed by atoms with E-state index in [1.165, 1.54) is 18.4 Å². The van der Waals surface area contributed by atoms with Gasteiger partial charge in [0.15, 0.2) is 0 Å². The van der Waals surface area contributed by atoms with Gasteiger partial charge in [0, 0.05) is 23.2 Å². The molecule has 0 bridgehead atoms. The molecule has 0 N–H and O–H groups in total. The van der Waals surface area contributed by atoms with E-state index in [1.807, 2.05) is 0 Å². The summed E-state index contributed by atoms with van der Waals surface area (Å²) >= 11 is 0. The molecule has 0 heterocycles. The van der Waals surface area contributed by atoms with E-state index in [4.69, 9.17) is 0 Å². The number of hydrogen-bond acceptors (Lipinski definition) is 3. The quantitative estimate of drug-likeness (QED) is 0.485. The summed E-state index contributed by atoms with van der Waals surface area (Å²) in [6.07, 6.45) is 9.84. The van der Waals surface area contributed by atoms with Crippen molar-refractivity contribution < 1.29 is 14.7 Å². The maximum Gasteiger partial charge on any atom is 0.138 e. The van der Waals surface area contributed by atoms with E-state index in [-0.39, 0.29) is 27.6 Å². The molecular formula is C30H45O3-. The van der Waals surface area contributed by atoms with E-state index in [0.717, 1.165) is 51.4 Å². The fourth-order valence-electron chi connectivity index (χ4n) is 11.3. The molecule has 0 spiro atoms. The van der Waals surface area contributed by atoms with Crippen molar-refractivity contribution >= 4 is 11.8 Å². The zero-order valence-corrected chi connectivity index (χ0v) is 21.9. The highest BCUT2D eigenvalue weighted by atomic mass is 16.4. The molecule has 0 aromatic heterocycles. The Kier molecular flexibility index (Phi) is 4.99. The van der Waals surface area contributed by atoms with Gasteiger partial charge in [0.1, 0.15) is 5.78 Å². The topological polar surface area (TPSA) is 57.2 Å². The first-order chi connectivity index (χ1) is 15.3. The van der Waals surface area contributed by atoms with Crippen molar-refractivity contribution in [2.75, 3.05) is 0 Å². The number of carboxylic acid groups (broad SMARTS) is 1. The molecule has 3 nitrogen and oxygen atoms in total. The molecule has 5 aliphatic rings. The second-order valence-corrected chi connectivity index (χ2v) is 14.3. The van der Waals surface area contributed by atoms with Crippen LogP contribution in [0.15, 0.2) is 12.2 Å². The van der Waals surface area contributed by atoms with Gasteiger partial charge in [0.05, 0.1) is 0 Å². The van der Waals surface area contributed by atoms with Crippen LogP contribution in [0.25, 0.3) is 0 Å². The number of rotatable bonds is 2. The van der Waals surface area contributed by atoms with E-state index >= 15 is 0 Å². The average Bonchev–Trinajstić information content (AvgIpc) is 3.13. The Bertz CT molecular complexity index is 902. The third kappa shape index (κ3) is 2.69. The second kappa shape index (κ2) is 6.97. The van der Waals surface area contributed by atoms with Gasteiger partial charge in [0.25, 0.3) is 0 Å². The van der Waals surface area contributed by atoms with Crippen LogP contribution >= 0.6 is 0 Å². The number of carboxylic acids is 1. The van der Waals surface area contributed by atoms with Gasteiger partial charge in [-0.05, 0) is 111 Å². The van der Waals surface area contributed by atoms with Gasteiger partial charge >= 0.3 is 0 Å². The van der Waals surface area contributed by atoms with Crippen molar-refractivity contribution in [3.63, 3.8) is 0 Å². The molecular weight excluding hydrogens is 408 g/mol. The molecule has 5 rings (SSSR count). The SMILES string of the molecule is C=C(C)[C@@H]1CCC2(C(=O)[O-])CC[C@]3(C)C(CCC4C5(C)CCC(=O)C(C)(C)C5CCC43C)C12. The monoisotopic (exact) mass is 453 g/mol. The molecule has 0 amide bonds. The first kappa shape index (κ1) is 23.6. The third-order valence-electron chi connectivity index (χ3n) is 13.2. The summed E-state index contributed by atoms with van der Waals surface area (Å²) in [6.45, 7) is 18.4. The number of aliphatic carboxylic acids is 1. The zero-order chi connectivity index (χ0) is 24.2. The summed E-state index contributed by atoms with van der Waals surface area (Å²) in [7, 11) is 0. The van der Waals surface area contributed by atoms with E-state index in [0.29, 0.717) is 29.5 Å². The van der Waals surface area contributed by atoms with Crippen molar-refractivity contribution in [3.05, 3.63) is 12.2 Å². The Balaban J connectivity index is 1.57. The van der Waals surface area contributed by atoms with Crippen LogP contribution in [0, 0.1) is 56.7 Å². The Morgan fingerprint density at radius 1 is 0.879 bits per heavy atom. The zero-order valence-electron chi connectivity index (χ0n) is 21.9. The molecule has 9 atom stereocenters. The van der Waals surface area contributed by atoms with E-state index in [2.05, 4.69) is 48.1 Å².